The van der Waals surface area contributed by atoms with Gasteiger partial charge in [0, 0.05) is 0 Å². The van der Waals surface area contributed by atoms with Gasteiger partial charge in [0.1, 0.15) is 6.61 Å². The zero-order valence-electron chi connectivity index (χ0n) is 10.5. The maximum absolute atomic E-state index is 8.82. The molecule has 2 aromatic rings. The van der Waals surface area contributed by atoms with Gasteiger partial charge in [-0.3, -0.25) is 0 Å². The van der Waals surface area contributed by atoms with E-state index < -0.39 is 0 Å². The molecule has 0 heterocycles. The highest BCUT2D eigenvalue weighted by atomic mass is 35.5. The Labute approximate surface area is 117 Å². The summed E-state index contributed by atoms with van der Waals surface area (Å²) in [6.45, 7) is 2.31. The molecular formula is C15H13ClN2O. The molecule has 3 nitrogen and oxygen atoms in total. The first-order valence-corrected chi connectivity index (χ1v) is 6.16. The number of ether oxygens (including phenoxy) is 1. The number of hydrogen-bond donors (Lipinski definition) is 1. The first-order valence-electron chi connectivity index (χ1n) is 5.78. The molecule has 0 atom stereocenters. The van der Waals surface area contributed by atoms with Crippen molar-refractivity contribution in [3.05, 3.63) is 58.1 Å². The summed E-state index contributed by atoms with van der Waals surface area (Å²) in [6, 6.07) is 12.8. The van der Waals surface area contributed by atoms with Crippen molar-refractivity contribution in [2.75, 3.05) is 5.73 Å². The predicted molar refractivity (Wildman–Crippen MR) is 76.1 cm³/mol. The van der Waals surface area contributed by atoms with E-state index in [-0.39, 0.29) is 0 Å². The number of nitrogens with zero attached hydrogens (tertiary/aromatic N) is 1. The van der Waals surface area contributed by atoms with E-state index in [0.29, 0.717) is 28.6 Å². The third-order valence-corrected chi connectivity index (χ3v) is 3.14. The van der Waals surface area contributed by atoms with Gasteiger partial charge in [-0.25, -0.2) is 0 Å². The quantitative estimate of drug-likeness (QED) is 0.867. The fourth-order valence-electron chi connectivity index (χ4n) is 1.76. The van der Waals surface area contributed by atoms with Gasteiger partial charge >= 0.3 is 0 Å². The van der Waals surface area contributed by atoms with Crippen molar-refractivity contribution in [3.8, 4) is 11.8 Å². The minimum atomic E-state index is 0.367. The van der Waals surface area contributed by atoms with Crippen LogP contribution >= 0.6 is 11.6 Å². The minimum absolute atomic E-state index is 0.367. The smallest absolute Gasteiger partial charge is 0.161 e. The number of halogens is 1. The fraction of sp³-hybridized carbons (Fsp3) is 0.133. The topological polar surface area (TPSA) is 59.0 Å². The molecule has 0 spiro atoms. The molecule has 96 valence electrons. The van der Waals surface area contributed by atoms with Crippen LogP contribution in [-0.4, -0.2) is 0 Å². The van der Waals surface area contributed by atoms with Crippen LogP contribution in [0.3, 0.4) is 0 Å². The third kappa shape index (κ3) is 2.98. The second-order valence-corrected chi connectivity index (χ2v) is 4.61. The van der Waals surface area contributed by atoms with Crippen LogP contribution in [0.2, 0.25) is 5.02 Å². The monoisotopic (exact) mass is 272 g/mol. The molecule has 0 saturated heterocycles. The van der Waals surface area contributed by atoms with Gasteiger partial charge in [0.2, 0.25) is 0 Å². The number of para-hydroxylation sites is 1. The number of nitrogen functional groups attached to an aromatic ring is 1. The van der Waals surface area contributed by atoms with Gasteiger partial charge in [0.25, 0.3) is 0 Å². The van der Waals surface area contributed by atoms with Gasteiger partial charge in [0.15, 0.2) is 5.75 Å². The Morgan fingerprint density at radius 1 is 1.32 bits per heavy atom. The molecule has 0 aromatic heterocycles. The third-order valence-electron chi connectivity index (χ3n) is 2.84. The number of nitriles is 1. The van der Waals surface area contributed by atoms with Crippen LogP contribution in [0.25, 0.3) is 0 Å². The lowest BCUT2D eigenvalue weighted by molar-refractivity contribution is 0.307. The molecule has 0 fully saturated rings. The van der Waals surface area contributed by atoms with E-state index in [1.54, 1.807) is 24.3 Å². The van der Waals surface area contributed by atoms with Crippen LogP contribution in [0.4, 0.5) is 5.69 Å². The van der Waals surface area contributed by atoms with Crippen molar-refractivity contribution in [1.29, 1.82) is 5.26 Å². The summed E-state index contributed by atoms with van der Waals surface area (Å²) in [4.78, 5) is 0. The van der Waals surface area contributed by atoms with E-state index in [1.807, 2.05) is 19.1 Å². The van der Waals surface area contributed by atoms with Gasteiger partial charge in [-0.2, -0.15) is 5.26 Å². The highest BCUT2D eigenvalue weighted by molar-refractivity contribution is 6.32. The lowest BCUT2D eigenvalue weighted by atomic mass is 10.1. The average Bonchev–Trinajstić information content (AvgIpc) is 2.39. The zero-order valence-corrected chi connectivity index (χ0v) is 11.2. The number of hydrogen-bond acceptors (Lipinski definition) is 3. The van der Waals surface area contributed by atoms with Crippen molar-refractivity contribution in [2.45, 2.75) is 13.5 Å². The summed E-state index contributed by atoms with van der Waals surface area (Å²) >= 11 is 6.04. The molecule has 2 aromatic carbocycles. The number of rotatable bonds is 3. The van der Waals surface area contributed by atoms with E-state index in [9.17, 15) is 0 Å². The Hall–Kier alpha value is -2.18. The summed E-state index contributed by atoms with van der Waals surface area (Å²) in [6.07, 6.45) is 0. The molecule has 0 aliphatic heterocycles. The normalized spacial score (nSPS) is 9.95. The molecule has 0 aliphatic rings. The largest absolute Gasteiger partial charge is 0.485 e. The zero-order chi connectivity index (χ0) is 13.8. The van der Waals surface area contributed by atoms with E-state index in [0.717, 1.165) is 11.1 Å². The fourth-order valence-corrected chi connectivity index (χ4v) is 1.99. The van der Waals surface area contributed by atoms with E-state index in [2.05, 4.69) is 6.07 Å². The highest BCUT2D eigenvalue weighted by Crippen LogP contribution is 2.31. The average molecular weight is 273 g/mol. The van der Waals surface area contributed by atoms with Crippen molar-refractivity contribution in [1.82, 2.24) is 0 Å². The van der Waals surface area contributed by atoms with Gasteiger partial charge < -0.3 is 10.5 Å². The molecular weight excluding hydrogens is 260 g/mol. The van der Waals surface area contributed by atoms with Crippen molar-refractivity contribution in [3.63, 3.8) is 0 Å². The molecule has 2 N–H and O–H groups in total. The molecule has 19 heavy (non-hydrogen) atoms. The van der Waals surface area contributed by atoms with Crippen LogP contribution in [0.1, 0.15) is 16.7 Å². The summed E-state index contributed by atoms with van der Waals surface area (Å²) in [5.74, 6) is 0.493. The van der Waals surface area contributed by atoms with Crippen LogP contribution in [0, 0.1) is 18.3 Å². The Kier molecular flexibility index (Phi) is 3.94. The van der Waals surface area contributed by atoms with Crippen molar-refractivity contribution < 1.29 is 4.74 Å². The van der Waals surface area contributed by atoms with E-state index >= 15 is 0 Å². The molecule has 0 aliphatic carbocycles. The maximum Gasteiger partial charge on any atom is 0.161 e. The summed E-state index contributed by atoms with van der Waals surface area (Å²) < 4.78 is 5.67. The lowest BCUT2D eigenvalue weighted by Gasteiger charge is -2.12. The van der Waals surface area contributed by atoms with Crippen LogP contribution < -0.4 is 10.5 Å². The Balaban J connectivity index is 2.17. The summed E-state index contributed by atoms with van der Waals surface area (Å²) in [5.41, 5.74) is 8.97. The van der Waals surface area contributed by atoms with Gasteiger partial charge in [0.05, 0.1) is 22.3 Å². The van der Waals surface area contributed by atoms with Gasteiger partial charge in [-0.05, 0) is 42.3 Å². The first kappa shape index (κ1) is 13.3. The molecule has 4 heteroatoms. The standard InChI is InChI=1S/C15H13ClN2O/c1-10-7-11(8-17)5-6-12(10)9-19-15-13(16)3-2-4-14(15)18/h2-7H,9,18H2,1H3. The SMILES string of the molecule is Cc1cc(C#N)ccc1COc1c(N)cccc1Cl. The molecule has 0 bridgehead atoms. The number of anilines is 1. The van der Waals surface area contributed by atoms with E-state index in [1.165, 1.54) is 0 Å². The number of aryl methyl sites for hydroxylation is 1. The Bertz CT molecular complexity index is 627. The maximum atomic E-state index is 8.82. The second kappa shape index (κ2) is 5.64. The van der Waals surface area contributed by atoms with Gasteiger partial charge in [-0.1, -0.05) is 23.7 Å². The van der Waals surface area contributed by atoms with Crippen molar-refractivity contribution >= 4 is 17.3 Å². The lowest BCUT2D eigenvalue weighted by Crippen LogP contribution is -2.01. The minimum Gasteiger partial charge on any atom is -0.485 e. The molecule has 0 saturated carbocycles. The van der Waals surface area contributed by atoms with E-state index in [4.69, 9.17) is 27.3 Å². The number of nitrogens with two attached hydrogens (primary N) is 1. The first-order chi connectivity index (χ1) is 9.11. The van der Waals surface area contributed by atoms with Gasteiger partial charge in [-0.15, -0.1) is 0 Å². The molecule has 0 radical (unpaired) electrons. The van der Waals surface area contributed by atoms with Crippen LogP contribution in [0.5, 0.6) is 5.75 Å². The Morgan fingerprint density at radius 2 is 2.11 bits per heavy atom. The molecule has 0 unspecified atom stereocenters. The molecule has 2 rings (SSSR count). The summed E-state index contributed by atoms with van der Waals surface area (Å²) in [7, 11) is 0. The second-order valence-electron chi connectivity index (χ2n) is 4.20. The Morgan fingerprint density at radius 3 is 2.74 bits per heavy atom. The van der Waals surface area contributed by atoms with Crippen LogP contribution in [-0.2, 0) is 6.61 Å². The summed E-state index contributed by atoms with van der Waals surface area (Å²) in [5, 5.41) is 9.31. The highest BCUT2D eigenvalue weighted by Gasteiger charge is 2.07. The van der Waals surface area contributed by atoms with Crippen molar-refractivity contribution in [2.24, 2.45) is 0 Å². The van der Waals surface area contributed by atoms with Crippen LogP contribution in [0.15, 0.2) is 36.4 Å². The number of benzene rings is 2. The predicted octanol–water partition coefficient (Wildman–Crippen LogP) is 3.68. The molecule has 0 amide bonds.